The van der Waals surface area contributed by atoms with Gasteiger partial charge in [-0.1, -0.05) is 78.3 Å². The van der Waals surface area contributed by atoms with Crippen molar-refractivity contribution in [1.82, 2.24) is 15.5 Å². The van der Waals surface area contributed by atoms with Gasteiger partial charge in [0, 0.05) is 22.0 Å². The topological polar surface area (TPSA) is 54.2 Å². The second-order valence-corrected chi connectivity index (χ2v) is 8.90. The summed E-state index contributed by atoms with van der Waals surface area (Å²) in [7, 11) is 0. The Morgan fingerprint density at radius 2 is 1.71 bits per heavy atom. The minimum absolute atomic E-state index is 0.264. The number of hydrogen-bond acceptors (Lipinski definition) is 4. The predicted octanol–water partition coefficient (Wildman–Crippen LogP) is 6.82. The molecular formula is C27H23ClN4OS. The average Bonchev–Trinajstić information content (AvgIpc) is 3.35. The molecule has 7 heteroatoms. The highest BCUT2D eigenvalue weighted by atomic mass is 35.5. The summed E-state index contributed by atoms with van der Waals surface area (Å²) in [6, 6.07) is 25.6. The van der Waals surface area contributed by atoms with E-state index < -0.39 is 0 Å². The number of nitrogens with zero attached hydrogens (tertiary/aromatic N) is 3. The number of thiocarbonyl (C=S) groups is 1. The molecule has 0 bridgehead atoms. The molecule has 0 fully saturated rings. The number of hydrogen-bond donors (Lipinski definition) is 1. The van der Waals surface area contributed by atoms with E-state index in [1.165, 1.54) is 5.56 Å². The zero-order valence-corrected chi connectivity index (χ0v) is 20.4. The highest BCUT2D eigenvalue weighted by molar-refractivity contribution is 7.80. The molecule has 5 rings (SSSR count). The summed E-state index contributed by atoms with van der Waals surface area (Å²) in [6.45, 7) is 4.17. The molecule has 170 valence electrons. The molecule has 0 amide bonds. The molecule has 1 N–H and O–H groups in total. The first-order valence-corrected chi connectivity index (χ1v) is 11.9. The molecule has 0 saturated heterocycles. The number of halogens is 1. The second-order valence-electron chi connectivity index (χ2n) is 8.08. The predicted molar refractivity (Wildman–Crippen MR) is 141 cm³/mol. The molecule has 0 unspecified atom stereocenters. The summed E-state index contributed by atoms with van der Waals surface area (Å²) in [4.78, 5) is 6.77. The maximum atomic E-state index is 6.15. The second kappa shape index (κ2) is 9.41. The molecule has 1 aliphatic heterocycles. The van der Waals surface area contributed by atoms with Crippen LogP contribution in [0.3, 0.4) is 0 Å². The number of nitrogens with one attached hydrogen (secondary N) is 1. The number of aryl methyl sites for hydroxylation is 1. The first kappa shape index (κ1) is 22.3. The third kappa shape index (κ3) is 4.22. The van der Waals surface area contributed by atoms with Crippen LogP contribution in [0, 0.1) is 0 Å². The fraction of sp³-hybridized carbons (Fsp3) is 0.148. The minimum atomic E-state index is -0.264. The van der Waals surface area contributed by atoms with E-state index in [4.69, 9.17) is 33.3 Å². The van der Waals surface area contributed by atoms with Gasteiger partial charge in [-0.2, -0.15) is 4.98 Å². The first-order chi connectivity index (χ1) is 16.5. The van der Waals surface area contributed by atoms with E-state index in [2.05, 4.69) is 41.7 Å². The van der Waals surface area contributed by atoms with Gasteiger partial charge in [-0.3, -0.25) is 4.90 Å². The van der Waals surface area contributed by atoms with Crippen LogP contribution in [-0.2, 0) is 6.42 Å². The monoisotopic (exact) mass is 486 g/mol. The summed E-state index contributed by atoms with van der Waals surface area (Å²) < 4.78 is 5.81. The summed E-state index contributed by atoms with van der Waals surface area (Å²) >= 11 is 12.0. The Bertz CT molecular complexity index is 1350. The standard InChI is InChI=1S/C27H23ClN4OS/c1-3-18-9-15-22(16-10-18)32-17(2)23(24(29-27(32)34)19-11-13-21(28)14-12-19)26-30-25(31-33-26)20-7-5-4-6-8-20/h4-16,24H,3H2,1-2H3,(H,29,34)/t24-/m0/s1. The van der Waals surface area contributed by atoms with E-state index in [0.29, 0.717) is 21.9 Å². The molecular weight excluding hydrogens is 464 g/mol. The summed E-state index contributed by atoms with van der Waals surface area (Å²) in [5.41, 5.74) is 5.93. The molecule has 1 atom stereocenters. The molecule has 5 nitrogen and oxygen atoms in total. The number of anilines is 1. The fourth-order valence-corrected chi connectivity index (χ4v) is 4.64. The average molecular weight is 487 g/mol. The van der Waals surface area contributed by atoms with E-state index in [1.54, 1.807) is 0 Å². The maximum absolute atomic E-state index is 6.15. The molecule has 0 spiro atoms. The molecule has 3 aromatic carbocycles. The van der Waals surface area contributed by atoms with Crippen molar-refractivity contribution in [3.63, 3.8) is 0 Å². The van der Waals surface area contributed by atoms with Gasteiger partial charge in [0.1, 0.15) is 0 Å². The van der Waals surface area contributed by atoms with E-state index in [0.717, 1.165) is 34.5 Å². The van der Waals surface area contributed by atoms with Gasteiger partial charge < -0.3 is 9.84 Å². The lowest BCUT2D eigenvalue weighted by Gasteiger charge is -2.37. The molecule has 2 heterocycles. The zero-order valence-electron chi connectivity index (χ0n) is 18.8. The van der Waals surface area contributed by atoms with Gasteiger partial charge in [-0.05, 0) is 61.0 Å². The van der Waals surface area contributed by atoms with Crippen LogP contribution in [0.4, 0.5) is 5.69 Å². The lowest BCUT2D eigenvalue weighted by molar-refractivity contribution is 0.404. The lowest BCUT2D eigenvalue weighted by atomic mass is 9.94. The number of allylic oxidation sites excluding steroid dienone is 1. The Labute approximate surface area is 209 Å². The highest BCUT2D eigenvalue weighted by Gasteiger charge is 2.34. The van der Waals surface area contributed by atoms with Gasteiger partial charge in [0.2, 0.25) is 5.82 Å². The zero-order chi connectivity index (χ0) is 23.7. The molecule has 0 radical (unpaired) electrons. The summed E-state index contributed by atoms with van der Waals surface area (Å²) in [5.74, 6) is 0.985. The van der Waals surface area contributed by atoms with Crippen molar-refractivity contribution in [1.29, 1.82) is 0 Å². The van der Waals surface area contributed by atoms with Crippen molar-refractivity contribution < 1.29 is 4.52 Å². The normalized spacial score (nSPS) is 16.0. The van der Waals surface area contributed by atoms with Crippen molar-refractivity contribution >= 4 is 40.2 Å². The van der Waals surface area contributed by atoms with Crippen LogP contribution in [0.1, 0.15) is 36.9 Å². The van der Waals surface area contributed by atoms with Gasteiger partial charge in [-0.15, -0.1) is 0 Å². The third-order valence-electron chi connectivity index (χ3n) is 5.98. The number of rotatable bonds is 5. The van der Waals surface area contributed by atoms with E-state index in [-0.39, 0.29) is 6.04 Å². The first-order valence-electron chi connectivity index (χ1n) is 11.1. The number of benzene rings is 3. The van der Waals surface area contributed by atoms with Crippen molar-refractivity contribution in [3.8, 4) is 11.4 Å². The largest absolute Gasteiger partial charge is 0.351 e. The van der Waals surface area contributed by atoms with Gasteiger partial charge in [0.15, 0.2) is 5.11 Å². The smallest absolute Gasteiger partial charge is 0.258 e. The Balaban J connectivity index is 1.64. The number of aromatic nitrogens is 2. The fourth-order valence-electron chi connectivity index (χ4n) is 4.15. The van der Waals surface area contributed by atoms with Crippen molar-refractivity contribution in [2.45, 2.75) is 26.3 Å². The summed E-state index contributed by atoms with van der Waals surface area (Å²) in [5, 5.41) is 9.02. The Morgan fingerprint density at radius 1 is 1.00 bits per heavy atom. The van der Waals surface area contributed by atoms with Crippen LogP contribution in [0.25, 0.3) is 17.0 Å². The van der Waals surface area contributed by atoms with Crippen LogP contribution in [0.15, 0.2) is 89.1 Å². The quantitative estimate of drug-likeness (QED) is 0.312. The van der Waals surface area contributed by atoms with Gasteiger partial charge in [0.25, 0.3) is 5.89 Å². The molecule has 4 aromatic rings. The van der Waals surface area contributed by atoms with Crippen LogP contribution in [0.5, 0.6) is 0 Å². The van der Waals surface area contributed by atoms with Gasteiger partial charge in [0.05, 0.1) is 11.6 Å². The Kier molecular flexibility index (Phi) is 6.18. The van der Waals surface area contributed by atoms with Crippen LogP contribution < -0.4 is 10.2 Å². The van der Waals surface area contributed by atoms with Crippen LogP contribution in [0.2, 0.25) is 5.02 Å². The maximum Gasteiger partial charge on any atom is 0.258 e. The molecule has 34 heavy (non-hydrogen) atoms. The van der Waals surface area contributed by atoms with Gasteiger partial charge >= 0.3 is 0 Å². The molecule has 1 aliphatic rings. The Morgan fingerprint density at radius 3 is 2.38 bits per heavy atom. The molecule has 0 saturated carbocycles. The van der Waals surface area contributed by atoms with Crippen LogP contribution >= 0.6 is 23.8 Å². The third-order valence-corrected chi connectivity index (χ3v) is 6.53. The minimum Gasteiger partial charge on any atom is -0.351 e. The van der Waals surface area contributed by atoms with E-state index in [9.17, 15) is 0 Å². The lowest BCUT2D eigenvalue weighted by Crippen LogP contribution is -2.46. The molecule has 0 aliphatic carbocycles. The van der Waals surface area contributed by atoms with Crippen LogP contribution in [-0.4, -0.2) is 15.3 Å². The molecule has 1 aromatic heterocycles. The van der Waals surface area contributed by atoms with Crippen molar-refractivity contribution in [2.24, 2.45) is 0 Å². The van der Waals surface area contributed by atoms with E-state index in [1.807, 2.05) is 66.4 Å². The highest BCUT2D eigenvalue weighted by Crippen LogP contribution is 2.39. The van der Waals surface area contributed by atoms with Crippen molar-refractivity contribution in [2.75, 3.05) is 4.90 Å². The van der Waals surface area contributed by atoms with Crippen molar-refractivity contribution in [3.05, 3.63) is 107 Å². The Hall–Kier alpha value is -3.48. The van der Waals surface area contributed by atoms with E-state index >= 15 is 0 Å². The summed E-state index contributed by atoms with van der Waals surface area (Å²) in [6.07, 6.45) is 0.978. The SMILES string of the molecule is CCc1ccc(N2C(=S)N[C@@H](c3ccc(Cl)cc3)C(c3nc(-c4ccccc4)no3)=C2C)cc1. The van der Waals surface area contributed by atoms with Gasteiger partial charge in [-0.25, -0.2) is 0 Å².